The Morgan fingerprint density at radius 1 is 1.44 bits per heavy atom. The maximum atomic E-state index is 12.0. The summed E-state index contributed by atoms with van der Waals surface area (Å²) in [7, 11) is 0. The van der Waals surface area contributed by atoms with E-state index in [0.717, 1.165) is 5.39 Å². The molecule has 0 fully saturated rings. The molecule has 4 heteroatoms. The third-order valence-electron chi connectivity index (χ3n) is 3.05. The first-order valence-electron chi connectivity index (χ1n) is 5.96. The quantitative estimate of drug-likeness (QED) is 0.859. The topological polar surface area (TPSA) is 56.2 Å². The summed E-state index contributed by atoms with van der Waals surface area (Å²) in [6.07, 6.45) is 0.287. The van der Waals surface area contributed by atoms with E-state index in [-0.39, 0.29) is 24.2 Å². The number of Topliss-reactive ketones (excluding diaryl/α,β-unsaturated/α-hetero) is 1. The molecule has 0 bridgehead atoms. The van der Waals surface area contributed by atoms with Crippen LogP contribution in [0.1, 0.15) is 30.8 Å². The van der Waals surface area contributed by atoms with Crippen LogP contribution in [0.5, 0.6) is 0 Å². The van der Waals surface area contributed by atoms with Crippen LogP contribution in [-0.2, 0) is 0 Å². The Morgan fingerprint density at radius 3 is 2.78 bits per heavy atom. The number of hydrogen-bond acceptors (Lipinski definition) is 3. The van der Waals surface area contributed by atoms with Crippen molar-refractivity contribution in [2.45, 2.75) is 26.3 Å². The molecule has 0 saturated carbocycles. The van der Waals surface area contributed by atoms with Crippen molar-refractivity contribution >= 4 is 28.4 Å². The van der Waals surface area contributed by atoms with Gasteiger partial charge in [-0.25, -0.2) is 0 Å². The fourth-order valence-electron chi connectivity index (χ4n) is 1.72. The van der Waals surface area contributed by atoms with Crippen molar-refractivity contribution in [3.63, 3.8) is 0 Å². The molecule has 1 aromatic heterocycles. The molecule has 0 aliphatic carbocycles. The number of carbonyl (C=O) groups excluding carboxylic acids is 1. The molecule has 2 N–H and O–H groups in total. The summed E-state index contributed by atoms with van der Waals surface area (Å²) in [6, 6.07) is 7.00. The summed E-state index contributed by atoms with van der Waals surface area (Å²) < 4.78 is 5.50. The van der Waals surface area contributed by atoms with Gasteiger partial charge >= 0.3 is 0 Å². The third kappa shape index (κ3) is 2.57. The molecular formula is C14H16ClNO2. The molecule has 1 atom stereocenters. The maximum absolute atomic E-state index is 12.0. The molecule has 3 nitrogen and oxygen atoms in total. The predicted octanol–water partition coefficient (Wildman–Crippen LogP) is 3.64. The van der Waals surface area contributed by atoms with Gasteiger partial charge in [-0.15, -0.1) is 0 Å². The van der Waals surface area contributed by atoms with Gasteiger partial charge in [0.25, 0.3) is 0 Å². The van der Waals surface area contributed by atoms with E-state index in [1.807, 2.05) is 26.0 Å². The average molecular weight is 266 g/mol. The maximum Gasteiger partial charge on any atom is 0.199 e. The molecule has 0 amide bonds. The molecule has 0 radical (unpaired) electrons. The standard InChI is InChI=1S/C14H16ClNO2/c1-8(2)11(16)7-12(17)13-6-9-4-3-5-10(15)14(9)18-13/h3-6,8,11H,7,16H2,1-2H3. The summed E-state index contributed by atoms with van der Waals surface area (Å²) in [5.74, 6) is 0.514. The van der Waals surface area contributed by atoms with Crippen molar-refractivity contribution in [3.8, 4) is 0 Å². The molecule has 2 aromatic rings. The second-order valence-corrected chi connectivity index (χ2v) is 5.21. The van der Waals surface area contributed by atoms with E-state index in [0.29, 0.717) is 16.4 Å². The van der Waals surface area contributed by atoms with Crippen molar-refractivity contribution in [1.82, 2.24) is 0 Å². The van der Waals surface area contributed by atoms with Crippen molar-refractivity contribution in [1.29, 1.82) is 0 Å². The van der Waals surface area contributed by atoms with Crippen LogP contribution in [0.15, 0.2) is 28.7 Å². The summed E-state index contributed by atoms with van der Waals surface area (Å²) in [6.45, 7) is 3.99. The predicted molar refractivity (Wildman–Crippen MR) is 73.0 cm³/mol. The second-order valence-electron chi connectivity index (χ2n) is 4.80. The number of para-hydroxylation sites is 1. The molecule has 0 aliphatic rings. The lowest BCUT2D eigenvalue weighted by molar-refractivity contribution is 0.0942. The zero-order valence-electron chi connectivity index (χ0n) is 10.4. The lowest BCUT2D eigenvalue weighted by Crippen LogP contribution is -2.29. The van der Waals surface area contributed by atoms with E-state index in [1.54, 1.807) is 12.1 Å². The van der Waals surface area contributed by atoms with Crippen molar-refractivity contribution in [3.05, 3.63) is 35.0 Å². The van der Waals surface area contributed by atoms with Gasteiger partial charge in [-0.05, 0) is 18.1 Å². The van der Waals surface area contributed by atoms with Crippen molar-refractivity contribution in [2.24, 2.45) is 11.7 Å². The molecule has 1 aromatic carbocycles. The van der Waals surface area contributed by atoms with E-state index in [4.69, 9.17) is 21.8 Å². The van der Waals surface area contributed by atoms with Crippen molar-refractivity contribution < 1.29 is 9.21 Å². The Kier molecular flexibility index (Phi) is 3.73. The first-order chi connectivity index (χ1) is 8.49. The number of hydrogen-bond donors (Lipinski definition) is 1. The SMILES string of the molecule is CC(C)C(N)CC(=O)c1cc2cccc(Cl)c2o1. The van der Waals surface area contributed by atoms with Gasteiger partial charge in [0.2, 0.25) is 0 Å². The van der Waals surface area contributed by atoms with E-state index in [2.05, 4.69) is 0 Å². The average Bonchev–Trinajstić information content (AvgIpc) is 2.74. The highest BCUT2D eigenvalue weighted by Crippen LogP contribution is 2.27. The lowest BCUT2D eigenvalue weighted by Gasteiger charge is -2.13. The molecule has 2 rings (SSSR count). The number of rotatable bonds is 4. The normalized spacial score (nSPS) is 13.2. The molecule has 0 saturated heterocycles. The van der Waals surface area contributed by atoms with Crippen LogP contribution in [0.2, 0.25) is 5.02 Å². The molecule has 0 aliphatic heterocycles. The first kappa shape index (κ1) is 13.1. The van der Waals surface area contributed by atoms with Gasteiger partial charge in [0.15, 0.2) is 17.1 Å². The number of fused-ring (bicyclic) bond motifs is 1. The monoisotopic (exact) mass is 265 g/mol. The number of nitrogens with two attached hydrogens (primary N) is 1. The van der Waals surface area contributed by atoms with Crippen LogP contribution >= 0.6 is 11.6 Å². The Morgan fingerprint density at radius 2 is 2.17 bits per heavy atom. The Hall–Kier alpha value is -1.32. The van der Waals surface area contributed by atoms with Gasteiger partial charge in [-0.1, -0.05) is 37.6 Å². The Bertz CT molecular complexity index is 574. The number of furan rings is 1. The Balaban J connectivity index is 2.26. The van der Waals surface area contributed by atoms with Crippen LogP contribution in [0.25, 0.3) is 11.0 Å². The lowest BCUT2D eigenvalue weighted by atomic mass is 9.99. The van der Waals surface area contributed by atoms with Crippen LogP contribution in [0, 0.1) is 5.92 Å². The zero-order chi connectivity index (χ0) is 13.3. The summed E-state index contributed by atoms with van der Waals surface area (Å²) in [5, 5.41) is 1.35. The van der Waals surface area contributed by atoms with Gasteiger partial charge < -0.3 is 10.2 Å². The number of ketones is 1. The van der Waals surface area contributed by atoms with E-state index in [1.165, 1.54) is 0 Å². The molecule has 0 spiro atoms. The molecule has 1 unspecified atom stereocenters. The summed E-state index contributed by atoms with van der Waals surface area (Å²) in [5.41, 5.74) is 6.45. The van der Waals surface area contributed by atoms with Gasteiger partial charge in [0.1, 0.15) is 0 Å². The van der Waals surface area contributed by atoms with Crippen molar-refractivity contribution in [2.75, 3.05) is 0 Å². The number of carbonyl (C=O) groups is 1. The largest absolute Gasteiger partial charge is 0.451 e. The highest BCUT2D eigenvalue weighted by Gasteiger charge is 2.18. The van der Waals surface area contributed by atoms with Gasteiger partial charge in [0, 0.05) is 17.8 Å². The minimum atomic E-state index is -0.152. The molecule has 18 heavy (non-hydrogen) atoms. The van der Waals surface area contributed by atoms with Crippen LogP contribution in [0.4, 0.5) is 0 Å². The minimum Gasteiger partial charge on any atom is -0.451 e. The van der Waals surface area contributed by atoms with Gasteiger partial charge in [0.05, 0.1) is 5.02 Å². The van der Waals surface area contributed by atoms with Gasteiger partial charge in [-0.2, -0.15) is 0 Å². The smallest absolute Gasteiger partial charge is 0.199 e. The second kappa shape index (κ2) is 5.12. The summed E-state index contributed by atoms with van der Waals surface area (Å²) in [4.78, 5) is 12.0. The molecule has 96 valence electrons. The fourth-order valence-corrected chi connectivity index (χ4v) is 1.94. The third-order valence-corrected chi connectivity index (χ3v) is 3.35. The Labute approximate surface area is 111 Å². The molecular weight excluding hydrogens is 250 g/mol. The fraction of sp³-hybridized carbons (Fsp3) is 0.357. The zero-order valence-corrected chi connectivity index (χ0v) is 11.2. The van der Waals surface area contributed by atoms with Crippen LogP contribution < -0.4 is 5.73 Å². The minimum absolute atomic E-state index is 0.0801. The highest BCUT2D eigenvalue weighted by molar-refractivity contribution is 6.34. The first-order valence-corrected chi connectivity index (χ1v) is 6.33. The van der Waals surface area contributed by atoms with E-state index >= 15 is 0 Å². The highest BCUT2D eigenvalue weighted by atomic mass is 35.5. The van der Waals surface area contributed by atoms with E-state index < -0.39 is 0 Å². The van der Waals surface area contributed by atoms with Gasteiger partial charge in [-0.3, -0.25) is 4.79 Å². The van der Waals surface area contributed by atoms with E-state index in [9.17, 15) is 4.79 Å². The molecule has 1 heterocycles. The number of halogens is 1. The summed E-state index contributed by atoms with van der Waals surface area (Å²) >= 11 is 6.00. The number of benzene rings is 1. The van der Waals surface area contributed by atoms with Crippen LogP contribution in [-0.4, -0.2) is 11.8 Å². The van der Waals surface area contributed by atoms with Crippen LogP contribution in [0.3, 0.4) is 0 Å².